The van der Waals surface area contributed by atoms with Crippen molar-refractivity contribution < 1.29 is 112 Å². The minimum absolute atomic E-state index is 0.0244. The summed E-state index contributed by atoms with van der Waals surface area (Å²) >= 11 is 2.38. The van der Waals surface area contributed by atoms with E-state index in [1.54, 1.807) is 35.7 Å². The number of anilines is 1. The van der Waals surface area contributed by atoms with Crippen LogP contribution in [0.2, 0.25) is 0 Å². The third-order valence-corrected chi connectivity index (χ3v) is 17.9. The normalized spacial score (nSPS) is 23.1. The van der Waals surface area contributed by atoms with Gasteiger partial charge < -0.3 is 135 Å². The molecule has 19 unspecified atom stereocenters. The molecule has 6 heterocycles. The lowest BCUT2D eigenvalue weighted by Crippen LogP contribution is -2.65. The number of nitrogen functional groups attached to an aromatic ring is 1. The number of aliphatic hydroxyl groups excluding tert-OH is 8. The summed E-state index contributed by atoms with van der Waals surface area (Å²) in [7, 11) is 0. The number of carbonyl (C=O) groups excluding carboxylic acids is 9. The number of nitrogens with zero attached hydrogens (tertiary/aromatic N) is 5. The number of aliphatic hydroxyl groups is 8. The van der Waals surface area contributed by atoms with Crippen molar-refractivity contribution in [2.45, 2.75) is 157 Å². The highest BCUT2D eigenvalue weighted by molar-refractivity contribution is 7.14. The molecule has 1 aromatic carbocycles. The Morgan fingerprint density at radius 2 is 1.45 bits per heavy atom. The maximum atomic E-state index is 15.2. The number of amides is 8. The van der Waals surface area contributed by atoms with Crippen LogP contribution < -0.4 is 60.6 Å². The number of nitrogens with one attached hydrogen (secondary N) is 7. The Morgan fingerprint density at radius 3 is 2.10 bits per heavy atom. The fraction of sp³-hybridized carbons (Fsp3) is 0.533. The SMILES string of the molecule is Cc1c(N)nc(C(CC(N)=O)NCC(N)C(N)=O)nc1C(=O)NC(C(=O)NC(C)C(O)C(C)C(=O)NC(C(=O)NCCc1nc(-c2nc(C(=O)OCCCNC(=O)c3ccccc3)cs2)cs1)C(C)O)C(OC1OC(CO)C(O)C(O)C1OC1OC(CO)C(O)C(OC(N)=O)C1O)c1cnc[nH]1. The molecule has 42 heteroatoms. The minimum atomic E-state index is -2.21. The molecule has 2 aliphatic heterocycles. The largest absolute Gasteiger partial charge is 0.461 e. The highest BCUT2D eigenvalue weighted by Gasteiger charge is 2.54. The zero-order chi connectivity index (χ0) is 74.8. The first-order valence-corrected chi connectivity index (χ1v) is 33.4. The van der Waals surface area contributed by atoms with E-state index >= 15 is 4.79 Å². The number of primary amides is 3. The Balaban J connectivity index is 1.08. The highest BCUT2D eigenvalue weighted by Crippen LogP contribution is 2.35. The summed E-state index contributed by atoms with van der Waals surface area (Å²) in [5.74, 6) is -9.44. The molecule has 0 bridgehead atoms. The van der Waals surface area contributed by atoms with Gasteiger partial charge in [-0.15, -0.1) is 22.7 Å². The third-order valence-electron chi connectivity index (χ3n) is 16.1. The van der Waals surface area contributed by atoms with Gasteiger partial charge in [0.15, 0.2) is 24.4 Å². The van der Waals surface area contributed by atoms with E-state index in [1.807, 2.05) is 0 Å². The molecule has 2 aliphatic rings. The Kier molecular flexibility index (Phi) is 29.4. The molecule has 2 saturated heterocycles. The second-order valence-electron chi connectivity index (χ2n) is 23.6. The predicted octanol–water partition coefficient (Wildman–Crippen LogP) is -6.72. The molecule has 25 N–H and O–H groups in total. The number of ether oxygens (including phenoxy) is 6. The molecule has 5 aromatic rings. The summed E-state index contributed by atoms with van der Waals surface area (Å²) in [5.41, 5.74) is 28.3. The molecule has 0 spiro atoms. The Morgan fingerprint density at radius 1 is 0.755 bits per heavy atom. The lowest BCUT2D eigenvalue weighted by molar-refractivity contribution is -0.372. The van der Waals surface area contributed by atoms with Crippen LogP contribution in [0.3, 0.4) is 0 Å². The molecule has 102 heavy (non-hydrogen) atoms. The summed E-state index contributed by atoms with van der Waals surface area (Å²) < 4.78 is 34.1. The summed E-state index contributed by atoms with van der Waals surface area (Å²) in [6.45, 7) is 2.83. The van der Waals surface area contributed by atoms with E-state index in [0.717, 1.165) is 23.9 Å². The van der Waals surface area contributed by atoms with E-state index in [4.69, 9.17) is 57.1 Å². The van der Waals surface area contributed by atoms with Crippen molar-refractivity contribution >= 4 is 81.9 Å². The molecule has 0 radical (unpaired) electrons. The van der Waals surface area contributed by atoms with Crippen LogP contribution in [0.15, 0.2) is 53.6 Å². The van der Waals surface area contributed by atoms with Crippen LogP contribution in [0.25, 0.3) is 10.7 Å². The number of benzene rings is 1. The van der Waals surface area contributed by atoms with Crippen molar-refractivity contribution in [2.24, 2.45) is 28.9 Å². The van der Waals surface area contributed by atoms with Gasteiger partial charge in [0, 0.05) is 54.4 Å². The van der Waals surface area contributed by atoms with Gasteiger partial charge in [-0.25, -0.2) is 34.5 Å². The fourth-order valence-corrected chi connectivity index (χ4v) is 11.9. The van der Waals surface area contributed by atoms with Gasteiger partial charge in [-0.1, -0.05) is 25.1 Å². The molecule has 4 aromatic heterocycles. The molecule has 40 nitrogen and oxygen atoms in total. The van der Waals surface area contributed by atoms with Gasteiger partial charge in [-0.2, -0.15) is 0 Å². The molecule has 8 amide bonds. The van der Waals surface area contributed by atoms with Crippen molar-refractivity contribution in [1.82, 2.24) is 61.8 Å². The van der Waals surface area contributed by atoms with Gasteiger partial charge >= 0.3 is 12.1 Å². The number of rotatable bonds is 36. The van der Waals surface area contributed by atoms with Crippen LogP contribution in [0.4, 0.5) is 10.6 Å². The highest BCUT2D eigenvalue weighted by atomic mass is 32.1. The molecule has 7 rings (SSSR count). The van der Waals surface area contributed by atoms with Crippen LogP contribution in [-0.2, 0) is 58.8 Å². The molecule has 19 atom stereocenters. The molecule has 558 valence electrons. The standard InChI is InChI=1S/C60H83N17O23S2/c1-23-37(74-50(77-48(23)63)29(15-35(62)81)69-16-28(61)49(64)87)54(91)76-39(45(30-17-66-22-70-30)98-59-47(43(85)41(83)33(18-78)97-59)99-58-44(86)46(100-60(65)94)42(84)34(19-79)96-58)55(92)71-25(3)40(82)24(2)51(88)75-38(26(4)80)53(90)68-13-11-36-72-31(20-101-36)56-73-32(21-102-56)57(93)95-14-8-12-67-52(89)27-9-6-5-7-10-27/h5-7,9-10,17,20-22,24-26,28-29,33-34,38-47,58-59,69,78-80,82-86H,8,11-16,18-19,61H2,1-4H3,(H2,62,81)(H2,64,87)(H2,65,94)(H,66,70)(H,67,89)(H,68,90)(H,71,92)(H,75,88)(H,76,91)(H2,63,74,77). The van der Waals surface area contributed by atoms with E-state index in [-0.39, 0.29) is 67.2 Å². The van der Waals surface area contributed by atoms with Crippen molar-refractivity contribution in [3.63, 3.8) is 0 Å². The smallest absolute Gasteiger partial charge is 0.404 e. The Bertz CT molecular complexity index is 3670. The van der Waals surface area contributed by atoms with E-state index < -0.39 is 189 Å². The van der Waals surface area contributed by atoms with Gasteiger partial charge in [-0.3, -0.25) is 33.6 Å². The average Bonchev–Trinajstić information content (AvgIpc) is 1.13. The minimum Gasteiger partial charge on any atom is -0.461 e. The number of thiazole rings is 2. The lowest BCUT2D eigenvalue weighted by Gasteiger charge is -2.47. The third kappa shape index (κ3) is 21.1. The summed E-state index contributed by atoms with van der Waals surface area (Å²) in [6.07, 6.45) is -25.0. The van der Waals surface area contributed by atoms with E-state index in [9.17, 15) is 79.2 Å². The van der Waals surface area contributed by atoms with Crippen LogP contribution in [0.5, 0.6) is 0 Å². The number of aromatic amines is 1. The van der Waals surface area contributed by atoms with E-state index in [2.05, 4.69) is 61.8 Å². The van der Waals surface area contributed by atoms with E-state index in [1.165, 1.54) is 44.4 Å². The first-order valence-electron chi connectivity index (χ1n) is 31.6. The fourth-order valence-electron chi connectivity index (χ4n) is 10.3. The van der Waals surface area contributed by atoms with Gasteiger partial charge in [-0.05, 0) is 39.3 Å². The zero-order valence-corrected chi connectivity index (χ0v) is 56.8. The van der Waals surface area contributed by atoms with Crippen LogP contribution in [0, 0.1) is 12.8 Å². The number of imidazole rings is 1. The number of esters is 1. The molecular weight excluding hydrogens is 1390 g/mol. The number of nitrogens with two attached hydrogens (primary N) is 5. The van der Waals surface area contributed by atoms with Gasteiger partial charge in [0.2, 0.25) is 29.5 Å². The quantitative estimate of drug-likeness (QED) is 0.0131. The summed E-state index contributed by atoms with van der Waals surface area (Å²) in [6, 6.07) is 0.698. The number of carbonyl (C=O) groups is 9. The first-order chi connectivity index (χ1) is 48.4. The van der Waals surface area contributed by atoms with Crippen molar-refractivity contribution in [2.75, 3.05) is 45.2 Å². The van der Waals surface area contributed by atoms with Gasteiger partial charge in [0.25, 0.3) is 11.8 Å². The number of hydrogen-bond donors (Lipinski definition) is 20. The maximum absolute atomic E-state index is 15.2. The first kappa shape index (κ1) is 80.4. The van der Waals surface area contributed by atoms with Crippen LogP contribution >= 0.6 is 22.7 Å². The van der Waals surface area contributed by atoms with Crippen LogP contribution in [-0.4, -0.2) is 261 Å². The molecule has 0 saturated carbocycles. The average molecular weight is 1470 g/mol. The summed E-state index contributed by atoms with van der Waals surface area (Å²) in [5, 5.41) is 108. The molecule has 0 aliphatic carbocycles. The summed E-state index contributed by atoms with van der Waals surface area (Å²) in [4.78, 5) is 143. The number of H-pyrrole nitrogens is 1. The van der Waals surface area contributed by atoms with Gasteiger partial charge in [0.05, 0.1) is 79.3 Å². The van der Waals surface area contributed by atoms with Crippen LogP contribution in [0.1, 0.15) is 99.2 Å². The zero-order valence-electron chi connectivity index (χ0n) is 55.2. The Hall–Kier alpha value is -8.96. The number of aromatic nitrogens is 6. The van der Waals surface area contributed by atoms with Crippen molar-refractivity contribution in [3.05, 3.63) is 92.7 Å². The lowest BCUT2D eigenvalue weighted by atomic mass is 9.96. The van der Waals surface area contributed by atoms with Crippen molar-refractivity contribution in [3.8, 4) is 10.7 Å². The topological polar surface area (TPSA) is 653 Å². The monoisotopic (exact) mass is 1470 g/mol. The molecule has 2 fully saturated rings. The number of hydrogen-bond acceptors (Lipinski definition) is 33. The second kappa shape index (κ2) is 37.3. The van der Waals surface area contributed by atoms with E-state index in [0.29, 0.717) is 27.7 Å². The maximum Gasteiger partial charge on any atom is 0.404 e. The second-order valence-corrected chi connectivity index (χ2v) is 25.4. The van der Waals surface area contributed by atoms with Crippen molar-refractivity contribution in [1.29, 1.82) is 0 Å². The molecular formula is C60H83N17O23S2. The Labute approximate surface area is 588 Å². The predicted molar refractivity (Wildman–Crippen MR) is 351 cm³/mol. The van der Waals surface area contributed by atoms with Gasteiger partial charge in [0.1, 0.15) is 89.0 Å².